The Morgan fingerprint density at radius 2 is 1.82 bits per heavy atom. The van der Waals surface area contributed by atoms with Crippen molar-refractivity contribution in [1.29, 1.82) is 0 Å². The fourth-order valence-corrected chi connectivity index (χ4v) is 3.23. The van der Waals surface area contributed by atoms with E-state index >= 15 is 0 Å². The molecule has 0 aliphatic carbocycles. The van der Waals surface area contributed by atoms with Gasteiger partial charge in [0, 0.05) is 5.56 Å². The Morgan fingerprint density at radius 3 is 2.47 bits per heavy atom. The van der Waals surface area contributed by atoms with E-state index in [0.29, 0.717) is 5.78 Å². The van der Waals surface area contributed by atoms with Crippen LogP contribution in [0.25, 0.3) is 0 Å². The number of unbranched alkanes of at least 4 members (excludes halogenated alkanes) is 3. The molecule has 17 heavy (non-hydrogen) atoms. The van der Waals surface area contributed by atoms with E-state index in [1.54, 1.807) is 0 Å². The molecule has 1 nitrogen and oxygen atoms in total. The second kappa shape index (κ2) is 8.35. The average molecular weight is 251 g/mol. The lowest BCUT2D eigenvalue weighted by molar-refractivity contribution is 0.102. The van der Waals surface area contributed by atoms with E-state index in [9.17, 15) is 4.79 Å². The quantitative estimate of drug-likeness (QED) is 0.391. The van der Waals surface area contributed by atoms with Gasteiger partial charge < -0.3 is 0 Å². The van der Waals surface area contributed by atoms with Gasteiger partial charge in [-0.3, -0.25) is 4.79 Å². The molecule has 0 spiro atoms. The molecule has 1 atom stereocenters. The van der Waals surface area contributed by atoms with Crippen molar-refractivity contribution in [2.24, 2.45) is 0 Å². The molecule has 0 amide bonds. The highest BCUT2D eigenvalue weighted by molar-refractivity contribution is 7.96. The molecule has 1 rings (SSSR count). The molecule has 0 N–H and O–H groups in total. The minimum absolute atomic E-state index is 0.246. The van der Waals surface area contributed by atoms with Crippen LogP contribution in [0, 0.1) is 0 Å². The van der Waals surface area contributed by atoms with Crippen LogP contribution in [0.4, 0.5) is 0 Å². The Kier molecular flexibility index (Phi) is 7.02. The van der Waals surface area contributed by atoms with Crippen LogP contribution >= 0.6 is 0 Å². The van der Waals surface area contributed by atoms with Crippen LogP contribution in [0.2, 0.25) is 0 Å². The molecule has 0 radical (unpaired) electrons. The van der Waals surface area contributed by atoms with Gasteiger partial charge in [-0.25, -0.2) is 0 Å². The van der Waals surface area contributed by atoms with Gasteiger partial charge in [0.05, 0.1) is 6.26 Å². The van der Waals surface area contributed by atoms with Crippen LogP contribution in [-0.4, -0.2) is 23.5 Å². The summed E-state index contributed by atoms with van der Waals surface area (Å²) in [6.07, 6.45) is 7.40. The molecule has 0 saturated heterocycles. The van der Waals surface area contributed by atoms with Gasteiger partial charge in [-0.15, -0.1) is 0 Å². The fourth-order valence-electron chi connectivity index (χ4n) is 1.78. The smallest absolute Gasteiger partial charge is 0.211 e. The number of hydrogen-bond acceptors (Lipinski definition) is 1. The first-order valence-electron chi connectivity index (χ1n) is 6.41. The number of carbonyl (C=O) groups excluding carboxylic acids is 1. The Labute approximate surface area is 108 Å². The molecule has 1 unspecified atom stereocenters. The molecule has 0 aromatic heterocycles. The number of ketones is 1. The van der Waals surface area contributed by atoms with Crippen LogP contribution in [-0.2, 0) is 10.9 Å². The highest BCUT2D eigenvalue weighted by atomic mass is 32.2. The topological polar surface area (TPSA) is 17.1 Å². The van der Waals surface area contributed by atoms with E-state index in [0.717, 1.165) is 11.3 Å². The standard InChI is InChI=1S/C15H23OS/c1-3-4-5-9-12-17(2)13-15(16)14-10-7-6-8-11-14/h6-8,10-11H,3-5,9,12-13H2,1-2H3/q+1. The zero-order chi connectivity index (χ0) is 12.5. The van der Waals surface area contributed by atoms with Crippen molar-refractivity contribution in [2.75, 3.05) is 17.8 Å². The Balaban J connectivity index is 2.26. The van der Waals surface area contributed by atoms with E-state index in [1.807, 2.05) is 30.3 Å². The molecule has 1 aromatic carbocycles. The van der Waals surface area contributed by atoms with Crippen molar-refractivity contribution in [3.63, 3.8) is 0 Å². The third-order valence-electron chi connectivity index (χ3n) is 2.82. The van der Waals surface area contributed by atoms with Crippen molar-refractivity contribution in [3.05, 3.63) is 35.9 Å². The first-order valence-corrected chi connectivity index (χ1v) is 8.38. The van der Waals surface area contributed by atoms with E-state index in [2.05, 4.69) is 13.2 Å². The third-order valence-corrected chi connectivity index (χ3v) is 4.56. The van der Waals surface area contributed by atoms with Gasteiger partial charge in [-0.2, -0.15) is 0 Å². The SMILES string of the molecule is CCCCCC[S+](C)CC(=O)c1ccccc1. The second-order valence-electron chi connectivity index (χ2n) is 4.48. The number of carbonyl (C=O) groups is 1. The van der Waals surface area contributed by atoms with Crippen LogP contribution in [0.1, 0.15) is 43.0 Å². The largest absolute Gasteiger partial charge is 0.289 e. The molecular formula is C15H23OS+. The zero-order valence-corrected chi connectivity index (χ0v) is 11.8. The molecule has 0 fully saturated rings. The molecular weight excluding hydrogens is 228 g/mol. The maximum atomic E-state index is 12.0. The zero-order valence-electron chi connectivity index (χ0n) is 10.9. The van der Waals surface area contributed by atoms with Crippen molar-refractivity contribution in [3.8, 4) is 0 Å². The molecule has 94 valence electrons. The second-order valence-corrected chi connectivity index (χ2v) is 6.74. The van der Waals surface area contributed by atoms with E-state index in [1.165, 1.54) is 31.4 Å². The maximum absolute atomic E-state index is 12.0. The lowest BCUT2D eigenvalue weighted by atomic mass is 10.2. The number of rotatable bonds is 8. The predicted octanol–water partition coefficient (Wildman–Crippen LogP) is 3.70. The summed E-state index contributed by atoms with van der Waals surface area (Å²) in [5, 5.41) is 0. The summed E-state index contributed by atoms with van der Waals surface area (Å²) in [5.74, 6) is 2.22. The van der Waals surface area contributed by atoms with Crippen LogP contribution < -0.4 is 0 Å². The van der Waals surface area contributed by atoms with Crippen molar-refractivity contribution in [1.82, 2.24) is 0 Å². The number of Topliss-reactive ketones (excluding diaryl/α,β-unsaturated/α-hetero) is 1. The molecule has 0 aliphatic heterocycles. The van der Waals surface area contributed by atoms with Gasteiger partial charge in [0.15, 0.2) is 5.75 Å². The first-order chi connectivity index (χ1) is 8.24. The predicted molar refractivity (Wildman–Crippen MR) is 77.9 cm³/mol. The molecule has 1 aromatic rings. The minimum Gasteiger partial charge on any atom is -0.289 e. The maximum Gasteiger partial charge on any atom is 0.211 e. The summed E-state index contributed by atoms with van der Waals surface area (Å²) in [6, 6.07) is 9.64. The van der Waals surface area contributed by atoms with E-state index in [-0.39, 0.29) is 10.9 Å². The van der Waals surface area contributed by atoms with Crippen LogP contribution in [0.5, 0.6) is 0 Å². The first kappa shape index (κ1) is 14.3. The Hall–Kier alpha value is -0.760. The molecule has 0 saturated carbocycles. The molecule has 0 aliphatic rings. The Morgan fingerprint density at radius 1 is 1.12 bits per heavy atom. The van der Waals surface area contributed by atoms with Crippen molar-refractivity contribution >= 4 is 16.7 Å². The van der Waals surface area contributed by atoms with E-state index < -0.39 is 0 Å². The number of benzene rings is 1. The average Bonchev–Trinajstić information content (AvgIpc) is 2.36. The summed E-state index contributed by atoms with van der Waals surface area (Å²) in [6.45, 7) is 2.23. The van der Waals surface area contributed by atoms with Gasteiger partial charge in [-0.1, -0.05) is 50.1 Å². The summed E-state index contributed by atoms with van der Waals surface area (Å²) < 4.78 is 0. The fraction of sp³-hybridized carbons (Fsp3) is 0.533. The van der Waals surface area contributed by atoms with Crippen molar-refractivity contribution in [2.45, 2.75) is 32.6 Å². The lowest BCUT2D eigenvalue weighted by Crippen LogP contribution is -2.18. The van der Waals surface area contributed by atoms with Gasteiger partial charge in [0.1, 0.15) is 5.75 Å². The van der Waals surface area contributed by atoms with Crippen LogP contribution in [0.3, 0.4) is 0 Å². The summed E-state index contributed by atoms with van der Waals surface area (Å²) in [4.78, 5) is 12.0. The number of hydrogen-bond donors (Lipinski definition) is 0. The normalized spacial score (nSPS) is 12.4. The van der Waals surface area contributed by atoms with Crippen LogP contribution in [0.15, 0.2) is 30.3 Å². The highest BCUT2D eigenvalue weighted by Crippen LogP contribution is 2.07. The summed E-state index contributed by atoms with van der Waals surface area (Å²) in [7, 11) is 0.246. The molecule has 0 heterocycles. The third kappa shape index (κ3) is 5.92. The summed E-state index contributed by atoms with van der Waals surface area (Å²) >= 11 is 0. The lowest BCUT2D eigenvalue weighted by Gasteiger charge is -2.03. The van der Waals surface area contributed by atoms with Crippen molar-refractivity contribution < 1.29 is 4.79 Å². The highest BCUT2D eigenvalue weighted by Gasteiger charge is 2.17. The summed E-state index contributed by atoms with van der Waals surface area (Å²) in [5.41, 5.74) is 0.861. The molecule has 2 heteroatoms. The van der Waals surface area contributed by atoms with Gasteiger partial charge >= 0.3 is 0 Å². The molecule has 0 bridgehead atoms. The van der Waals surface area contributed by atoms with Gasteiger partial charge in [0.2, 0.25) is 5.78 Å². The van der Waals surface area contributed by atoms with Gasteiger partial charge in [-0.05, 0) is 23.7 Å². The van der Waals surface area contributed by atoms with Gasteiger partial charge in [0.25, 0.3) is 0 Å². The minimum atomic E-state index is 0.246. The Bertz CT molecular complexity index is 321. The monoisotopic (exact) mass is 251 g/mol. The van der Waals surface area contributed by atoms with E-state index in [4.69, 9.17) is 0 Å².